The fourth-order valence-electron chi connectivity index (χ4n) is 4.49. The summed E-state index contributed by atoms with van der Waals surface area (Å²) in [5.41, 5.74) is 4.04. The summed E-state index contributed by atoms with van der Waals surface area (Å²) >= 11 is 0. The van der Waals surface area contributed by atoms with Gasteiger partial charge in [0.15, 0.2) is 0 Å². The van der Waals surface area contributed by atoms with Gasteiger partial charge in [-0.1, -0.05) is 18.2 Å². The van der Waals surface area contributed by atoms with Crippen LogP contribution in [0.15, 0.2) is 66.2 Å². The zero-order chi connectivity index (χ0) is 25.4. The second-order valence-corrected chi connectivity index (χ2v) is 9.21. The topological polar surface area (TPSA) is 66.8 Å². The summed E-state index contributed by atoms with van der Waals surface area (Å²) in [6.07, 6.45) is -0.0188. The molecule has 1 N–H and O–H groups in total. The lowest BCUT2D eigenvalue weighted by Gasteiger charge is -2.26. The zero-order valence-corrected chi connectivity index (χ0v) is 20.4. The average Bonchev–Trinajstić information content (AvgIpc) is 3.05. The van der Waals surface area contributed by atoms with Gasteiger partial charge in [-0.2, -0.15) is 0 Å². The van der Waals surface area contributed by atoms with Crippen LogP contribution in [0.5, 0.6) is 5.75 Å². The highest BCUT2D eigenvalue weighted by atomic mass is 19.1. The molecule has 1 unspecified atom stereocenters. The van der Waals surface area contributed by atoms with E-state index in [9.17, 15) is 19.1 Å². The van der Waals surface area contributed by atoms with E-state index in [1.807, 2.05) is 52.8 Å². The molecule has 180 valence electrons. The molecule has 3 aromatic carbocycles. The molecule has 5 nitrogen and oxygen atoms in total. The number of aliphatic hydroxyl groups excluding tert-OH is 1. The molecule has 4 rings (SSSR count). The molecule has 0 aliphatic carbocycles. The van der Waals surface area contributed by atoms with E-state index in [1.165, 1.54) is 29.2 Å². The Morgan fingerprint density at radius 3 is 2.14 bits per heavy atom. The molecular formula is C29H28FNO4. The van der Waals surface area contributed by atoms with Gasteiger partial charge in [-0.15, -0.1) is 0 Å². The molecule has 0 saturated carbocycles. The molecule has 1 fully saturated rings. The van der Waals surface area contributed by atoms with Crippen LogP contribution in [-0.2, 0) is 9.59 Å². The standard InChI is InChI=1S/C29H28FNO4/c1-16(2)35-24-11-8-21(15-19(24)5)27(32)25-26(20-6-9-22(30)10-7-20)31(29(34)28(25)33)23-13-17(3)12-18(4)14-23/h6-16,26,32H,1-5H3/b27-25-. The number of halogens is 1. The third-order valence-electron chi connectivity index (χ3n) is 5.93. The highest BCUT2D eigenvalue weighted by molar-refractivity contribution is 6.51. The van der Waals surface area contributed by atoms with Gasteiger partial charge >= 0.3 is 0 Å². The number of ketones is 1. The van der Waals surface area contributed by atoms with E-state index in [1.54, 1.807) is 18.2 Å². The Labute approximate surface area is 204 Å². The number of anilines is 1. The number of carbonyl (C=O) groups is 2. The number of benzene rings is 3. The molecule has 1 atom stereocenters. The smallest absolute Gasteiger partial charge is 0.300 e. The Balaban J connectivity index is 1.91. The molecular weight excluding hydrogens is 445 g/mol. The summed E-state index contributed by atoms with van der Waals surface area (Å²) < 4.78 is 19.5. The number of aliphatic hydroxyl groups is 1. The minimum atomic E-state index is -0.913. The number of aryl methyl sites for hydroxylation is 3. The number of ether oxygens (including phenoxy) is 1. The molecule has 1 heterocycles. The molecule has 1 aliphatic rings. The summed E-state index contributed by atoms with van der Waals surface area (Å²) in [6.45, 7) is 9.50. The molecule has 1 amide bonds. The summed E-state index contributed by atoms with van der Waals surface area (Å²) in [5.74, 6) is -1.60. The van der Waals surface area contributed by atoms with Crippen LogP contribution in [-0.4, -0.2) is 22.9 Å². The Hall–Kier alpha value is -3.93. The first-order valence-electron chi connectivity index (χ1n) is 11.5. The van der Waals surface area contributed by atoms with E-state index in [-0.39, 0.29) is 17.4 Å². The molecule has 1 saturated heterocycles. The maximum absolute atomic E-state index is 13.7. The lowest BCUT2D eigenvalue weighted by molar-refractivity contribution is -0.132. The fraction of sp³-hybridized carbons (Fsp3) is 0.241. The molecule has 0 radical (unpaired) electrons. The first kappa shape index (κ1) is 24.2. The fourth-order valence-corrected chi connectivity index (χ4v) is 4.49. The minimum absolute atomic E-state index is 0.0188. The van der Waals surface area contributed by atoms with Gasteiger partial charge in [0, 0.05) is 11.3 Å². The molecule has 0 spiro atoms. The van der Waals surface area contributed by atoms with E-state index in [2.05, 4.69) is 0 Å². The minimum Gasteiger partial charge on any atom is -0.507 e. The van der Waals surface area contributed by atoms with Gasteiger partial charge in [0.05, 0.1) is 17.7 Å². The third-order valence-corrected chi connectivity index (χ3v) is 5.93. The van der Waals surface area contributed by atoms with Crippen LogP contribution in [0.25, 0.3) is 5.76 Å². The molecule has 0 aromatic heterocycles. The number of carbonyl (C=O) groups excluding carboxylic acids is 2. The van der Waals surface area contributed by atoms with Crippen molar-refractivity contribution < 1.29 is 23.8 Å². The van der Waals surface area contributed by atoms with Crippen molar-refractivity contribution >= 4 is 23.1 Å². The SMILES string of the molecule is Cc1cc(C)cc(N2C(=O)C(=O)/C(=C(\O)c3ccc(OC(C)C)c(C)c3)C2c2ccc(F)cc2)c1. The van der Waals surface area contributed by atoms with E-state index in [0.717, 1.165) is 16.7 Å². The van der Waals surface area contributed by atoms with Crippen molar-refractivity contribution in [3.05, 3.63) is 99.9 Å². The van der Waals surface area contributed by atoms with E-state index in [0.29, 0.717) is 22.6 Å². The van der Waals surface area contributed by atoms with Crippen LogP contribution in [0.3, 0.4) is 0 Å². The summed E-state index contributed by atoms with van der Waals surface area (Å²) in [6, 6.07) is 15.4. The predicted molar refractivity (Wildman–Crippen MR) is 134 cm³/mol. The van der Waals surface area contributed by atoms with Crippen molar-refractivity contribution in [3.8, 4) is 5.75 Å². The highest BCUT2D eigenvalue weighted by Crippen LogP contribution is 2.43. The number of amides is 1. The van der Waals surface area contributed by atoms with Crippen LogP contribution in [0.4, 0.5) is 10.1 Å². The number of Topliss-reactive ketones (excluding diaryl/α,β-unsaturated/α-hetero) is 1. The van der Waals surface area contributed by atoms with Gasteiger partial charge in [0.25, 0.3) is 11.7 Å². The van der Waals surface area contributed by atoms with Crippen molar-refractivity contribution in [2.75, 3.05) is 4.90 Å². The summed E-state index contributed by atoms with van der Waals surface area (Å²) in [4.78, 5) is 28.0. The lowest BCUT2D eigenvalue weighted by Crippen LogP contribution is -2.29. The molecule has 0 bridgehead atoms. The number of nitrogens with zero attached hydrogens (tertiary/aromatic N) is 1. The average molecular weight is 474 g/mol. The quantitative estimate of drug-likeness (QED) is 0.274. The molecule has 3 aromatic rings. The maximum atomic E-state index is 13.7. The van der Waals surface area contributed by atoms with Crippen LogP contribution >= 0.6 is 0 Å². The normalized spacial score (nSPS) is 17.3. The first-order valence-corrected chi connectivity index (χ1v) is 11.5. The number of rotatable bonds is 5. The van der Waals surface area contributed by atoms with E-state index in [4.69, 9.17) is 4.74 Å². The van der Waals surface area contributed by atoms with Crippen molar-refractivity contribution in [3.63, 3.8) is 0 Å². The number of hydrogen-bond donors (Lipinski definition) is 1. The maximum Gasteiger partial charge on any atom is 0.300 e. The Morgan fingerprint density at radius 2 is 1.57 bits per heavy atom. The van der Waals surface area contributed by atoms with Gasteiger partial charge in [-0.3, -0.25) is 14.5 Å². The van der Waals surface area contributed by atoms with Crippen LogP contribution in [0, 0.1) is 26.6 Å². The lowest BCUT2D eigenvalue weighted by atomic mass is 9.94. The first-order chi connectivity index (χ1) is 16.6. The Kier molecular flexibility index (Phi) is 6.48. The van der Waals surface area contributed by atoms with Gasteiger partial charge in [0.1, 0.15) is 17.3 Å². The number of hydrogen-bond acceptors (Lipinski definition) is 4. The van der Waals surface area contributed by atoms with Gasteiger partial charge in [-0.25, -0.2) is 4.39 Å². The second kappa shape index (κ2) is 9.37. The predicted octanol–water partition coefficient (Wildman–Crippen LogP) is 6.16. The molecule has 6 heteroatoms. The second-order valence-electron chi connectivity index (χ2n) is 9.21. The Bertz CT molecular complexity index is 1320. The van der Waals surface area contributed by atoms with E-state index >= 15 is 0 Å². The van der Waals surface area contributed by atoms with Gasteiger partial charge in [0.2, 0.25) is 0 Å². The molecule has 35 heavy (non-hydrogen) atoms. The van der Waals surface area contributed by atoms with Crippen molar-refractivity contribution in [1.29, 1.82) is 0 Å². The third kappa shape index (κ3) is 4.69. The highest BCUT2D eigenvalue weighted by Gasteiger charge is 2.47. The molecule has 1 aliphatic heterocycles. The zero-order valence-electron chi connectivity index (χ0n) is 20.4. The monoisotopic (exact) mass is 473 g/mol. The van der Waals surface area contributed by atoms with Crippen molar-refractivity contribution in [2.45, 2.75) is 46.8 Å². The van der Waals surface area contributed by atoms with Crippen molar-refractivity contribution in [2.24, 2.45) is 0 Å². The summed E-state index contributed by atoms with van der Waals surface area (Å²) in [7, 11) is 0. The van der Waals surface area contributed by atoms with Gasteiger partial charge in [-0.05, 0) is 99.3 Å². The van der Waals surface area contributed by atoms with Crippen LogP contribution in [0.1, 0.15) is 47.7 Å². The largest absolute Gasteiger partial charge is 0.507 e. The van der Waals surface area contributed by atoms with Crippen LogP contribution < -0.4 is 9.64 Å². The summed E-state index contributed by atoms with van der Waals surface area (Å²) in [5, 5.41) is 11.3. The van der Waals surface area contributed by atoms with Crippen LogP contribution in [0.2, 0.25) is 0 Å². The Morgan fingerprint density at radius 1 is 0.943 bits per heavy atom. The van der Waals surface area contributed by atoms with Crippen molar-refractivity contribution in [1.82, 2.24) is 0 Å². The van der Waals surface area contributed by atoms with E-state index < -0.39 is 23.5 Å². The van der Waals surface area contributed by atoms with Gasteiger partial charge < -0.3 is 9.84 Å².